The summed E-state index contributed by atoms with van der Waals surface area (Å²) in [5.74, 6) is 0.360. The summed E-state index contributed by atoms with van der Waals surface area (Å²) in [5, 5.41) is 16.5. The Morgan fingerprint density at radius 1 is 1.48 bits per heavy atom. The number of hydrogen-bond acceptors (Lipinski definition) is 4. The second-order valence-corrected chi connectivity index (χ2v) is 5.79. The predicted octanol–water partition coefficient (Wildman–Crippen LogP) is 1.93. The molecule has 21 heavy (non-hydrogen) atoms. The molecule has 1 N–H and O–H groups in total. The maximum Gasteiger partial charge on any atom is 0.256 e. The number of carbonyl (C=O) groups excluding carboxylic acids is 1. The van der Waals surface area contributed by atoms with Crippen molar-refractivity contribution in [3.8, 4) is 6.07 Å². The van der Waals surface area contributed by atoms with Crippen molar-refractivity contribution in [1.82, 2.24) is 19.9 Å². The Morgan fingerprint density at radius 2 is 2.24 bits per heavy atom. The summed E-state index contributed by atoms with van der Waals surface area (Å²) in [6.07, 6.45) is 9.75. The SMILES string of the molecule is CC1CCC(C#N)(NC(=O)c2cnn3ccncc23)CC1. The number of aromatic nitrogens is 3. The van der Waals surface area contributed by atoms with Gasteiger partial charge in [0.25, 0.3) is 5.91 Å². The van der Waals surface area contributed by atoms with E-state index in [0.717, 1.165) is 12.8 Å². The molecule has 1 saturated carbocycles. The molecule has 2 aromatic heterocycles. The molecule has 1 fully saturated rings. The first kappa shape index (κ1) is 13.6. The first-order valence-corrected chi connectivity index (χ1v) is 7.15. The van der Waals surface area contributed by atoms with Crippen molar-refractivity contribution in [2.75, 3.05) is 0 Å². The van der Waals surface area contributed by atoms with Crippen molar-refractivity contribution in [3.63, 3.8) is 0 Å². The van der Waals surface area contributed by atoms with Gasteiger partial charge in [-0.15, -0.1) is 0 Å². The van der Waals surface area contributed by atoms with Crippen molar-refractivity contribution in [2.24, 2.45) is 5.92 Å². The zero-order chi connectivity index (χ0) is 14.9. The molecule has 0 bridgehead atoms. The molecule has 2 aromatic rings. The summed E-state index contributed by atoms with van der Waals surface area (Å²) >= 11 is 0. The van der Waals surface area contributed by atoms with Crippen LogP contribution >= 0.6 is 0 Å². The average molecular weight is 283 g/mol. The second-order valence-electron chi connectivity index (χ2n) is 5.79. The fraction of sp³-hybridized carbons (Fsp3) is 0.467. The van der Waals surface area contributed by atoms with Crippen LogP contribution in [0.4, 0.5) is 0 Å². The van der Waals surface area contributed by atoms with E-state index >= 15 is 0 Å². The van der Waals surface area contributed by atoms with Crippen molar-refractivity contribution >= 4 is 11.4 Å². The standard InChI is InChI=1S/C15H17N5O/c1-11-2-4-15(10-16,5-3-11)19-14(21)12-8-18-20-7-6-17-9-13(12)20/h6-9,11H,2-5H2,1H3,(H,19,21). The Bertz CT molecular complexity index is 706. The number of fused-ring (bicyclic) bond motifs is 1. The van der Waals surface area contributed by atoms with Crippen molar-refractivity contribution in [2.45, 2.75) is 38.1 Å². The maximum absolute atomic E-state index is 12.5. The Kier molecular flexibility index (Phi) is 3.34. The molecule has 108 valence electrons. The normalized spacial score (nSPS) is 25.4. The van der Waals surface area contributed by atoms with Gasteiger partial charge in [-0.3, -0.25) is 9.78 Å². The molecule has 1 aliphatic carbocycles. The molecule has 0 aliphatic heterocycles. The smallest absolute Gasteiger partial charge is 0.256 e. The first-order valence-electron chi connectivity index (χ1n) is 7.15. The Hall–Kier alpha value is -2.42. The molecule has 0 unspecified atom stereocenters. The van der Waals surface area contributed by atoms with Gasteiger partial charge in [0.05, 0.1) is 29.5 Å². The van der Waals surface area contributed by atoms with Gasteiger partial charge in [-0.1, -0.05) is 6.92 Å². The molecule has 0 atom stereocenters. The van der Waals surface area contributed by atoms with Gasteiger partial charge in [-0.25, -0.2) is 4.52 Å². The number of rotatable bonds is 2. The third kappa shape index (κ3) is 2.47. The lowest BCUT2D eigenvalue weighted by atomic mass is 9.78. The molecule has 0 spiro atoms. The van der Waals surface area contributed by atoms with Gasteiger partial charge in [0, 0.05) is 12.4 Å². The fourth-order valence-electron chi connectivity index (χ4n) is 2.81. The number of nitrogens with zero attached hydrogens (tertiary/aromatic N) is 4. The summed E-state index contributed by atoms with van der Waals surface area (Å²) in [6, 6.07) is 2.30. The van der Waals surface area contributed by atoms with Gasteiger partial charge in [-0.2, -0.15) is 10.4 Å². The molecule has 0 aromatic carbocycles. The molecule has 2 heterocycles. The largest absolute Gasteiger partial charge is 0.334 e. The molecule has 0 saturated heterocycles. The minimum absolute atomic E-state index is 0.255. The number of nitriles is 1. The fourth-order valence-corrected chi connectivity index (χ4v) is 2.81. The molecule has 1 amide bonds. The second kappa shape index (κ2) is 5.17. The Balaban J connectivity index is 1.84. The highest BCUT2D eigenvalue weighted by Gasteiger charge is 2.36. The summed E-state index contributed by atoms with van der Waals surface area (Å²) in [5.41, 5.74) is 0.351. The topological polar surface area (TPSA) is 83.1 Å². The van der Waals surface area contributed by atoms with Gasteiger partial charge in [0.15, 0.2) is 0 Å². The van der Waals surface area contributed by atoms with E-state index in [1.807, 2.05) is 0 Å². The van der Waals surface area contributed by atoms with Gasteiger partial charge in [-0.05, 0) is 31.6 Å². The number of amides is 1. The maximum atomic E-state index is 12.5. The van der Waals surface area contributed by atoms with Crippen LogP contribution in [0.5, 0.6) is 0 Å². The third-order valence-corrected chi connectivity index (χ3v) is 4.26. The minimum atomic E-state index is -0.750. The van der Waals surface area contributed by atoms with Crippen LogP contribution in [0.1, 0.15) is 43.0 Å². The van der Waals surface area contributed by atoms with Crippen LogP contribution in [0.15, 0.2) is 24.8 Å². The Morgan fingerprint density at radius 3 is 2.95 bits per heavy atom. The highest BCUT2D eigenvalue weighted by molar-refractivity contribution is 6.01. The zero-order valence-corrected chi connectivity index (χ0v) is 11.9. The zero-order valence-electron chi connectivity index (χ0n) is 11.9. The molecule has 0 radical (unpaired) electrons. The van der Waals surface area contributed by atoms with Crippen LogP contribution in [0.25, 0.3) is 5.52 Å². The summed E-state index contributed by atoms with van der Waals surface area (Å²) in [4.78, 5) is 16.5. The van der Waals surface area contributed by atoms with E-state index in [1.165, 1.54) is 6.20 Å². The lowest BCUT2D eigenvalue weighted by molar-refractivity contribution is 0.0895. The number of carbonyl (C=O) groups is 1. The summed E-state index contributed by atoms with van der Waals surface area (Å²) in [6.45, 7) is 2.18. The highest BCUT2D eigenvalue weighted by Crippen LogP contribution is 2.31. The minimum Gasteiger partial charge on any atom is -0.334 e. The van der Waals surface area contributed by atoms with E-state index < -0.39 is 5.54 Å². The van der Waals surface area contributed by atoms with Crippen molar-refractivity contribution in [3.05, 3.63) is 30.4 Å². The van der Waals surface area contributed by atoms with Gasteiger partial charge >= 0.3 is 0 Å². The van der Waals surface area contributed by atoms with Crippen LogP contribution in [-0.2, 0) is 0 Å². The summed E-state index contributed by atoms with van der Waals surface area (Å²) in [7, 11) is 0. The first-order chi connectivity index (χ1) is 10.1. The molecule has 1 aliphatic rings. The van der Waals surface area contributed by atoms with Gasteiger partial charge in [0.1, 0.15) is 5.54 Å². The highest BCUT2D eigenvalue weighted by atomic mass is 16.1. The van der Waals surface area contributed by atoms with Crippen LogP contribution < -0.4 is 5.32 Å². The van der Waals surface area contributed by atoms with E-state index in [9.17, 15) is 10.1 Å². The van der Waals surface area contributed by atoms with E-state index in [4.69, 9.17) is 0 Å². The van der Waals surface area contributed by atoms with Gasteiger partial charge < -0.3 is 5.32 Å². The number of hydrogen-bond donors (Lipinski definition) is 1. The molecule has 6 nitrogen and oxygen atoms in total. The van der Waals surface area contributed by atoms with Crippen LogP contribution in [0, 0.1) is 17.2 Å². The van der Waals surface area contributed by atoms with E-state index in [2.05, 4.69) is 28.4 Å². The third-order valence-electron chi connectivity index (χ3n) is 4.26. The van der Waals surface area contributed by atoms with E-state index in [0.29, 0.717) is 29.8 Å². The summed E-state index contributed by atoms with van der Waals surface area (Å²) < 4.78 is 1.60. The quantitative estimate of drug-likeness (QED) is 0.912. The van der Waals surface area contributed by atoms with E-state index in [1.54, 1.807) is 23.1 Å². The molecule has 6 heteroatoms. The molecule has 3 rings (SSSR count). The monoisotopic (exact) mass is 283 g/mol. The molecular weight excluding hydrogens is 266 g/mol. The average Bonchev–Trinajstić information content (AvgIpc) is 2.94. The van der Waals surface area contributed by atoms with Crippen LogP contribution in [-0.4, -0.2) is 26.0 Å². The van der Waals surface area contributed by atoms with Gasteiger partial charge in [0.2, 0.25) is 0 Å². The van der Waals surface area contributed by atoms with Crippen LogP contribution in [0.3, 0.4) is 0 Å². The van der Waals surface area contributed by atoms with E-state index in [-0.39, 0.29) is 5.91 Å². The van der Waals surface area contributed by atoms with Crippen molar-refractivity contribution < 1.29 is 4.79 Å². The lowest BCUT2D eigenvalue weighted by Crippen LogP contribution is -2.49. The number of nitrogens with one attached hydrogen (secondary N) is 1. The van der Waals surface area contributed by atoms with Crippen LogP contribution in [0.2, 0.25) is 0 Å². The van der Waals surface area contributed by atoms with Crippen molar-refractivity contribution in [1.29, 1.82) is 5.26 Å². The Labute approximate surface area is 122 Å². The molecular formula is C15H17N5O. The lowest BCUT2D eigenvalue weighted by Gasteiger charge is -2.34. The predicted molar refractivity (Wildman–Crippen MR) is 76.4 cm³/mol.